The van der Waals surface area contributed by atoms with E-state index in [2.05, 4.69) is 15.1 Å². The highest BCUT2D eigenvalue weighted by atomic mass is 16.5. The lowest BCUT2D eigenvalue weighted by atomic mass is 10.1. The van der Waals surface area contributed by atoms with Crippen LogP contribution in [-0.2, 0) is 13.1 Å². The van der Waals surface area contributed by atoms with Gasteiger partial charge in [0, 0.05) is 42.2 Å². The van der Waals surface area contributed by atoms with E-state index in [-0.39, 0.29) is 13.1 Å². The number of aryl methyl sites for hydroxylation is 1. The Morgan fingerprint density at radius 2 is 1.79 bits per heavy atom. The first kappa shape index (κ1) is 27.5. The van der Waals surface area contributed by atoms with Crippen molar-refractivity contribution in [1.29, 1.82) is 0 Å². The largest absolute Gasteiger partial charge is 0.497 e. The number of amides is 1. The minimum absolute atomic E-state index is 0.129. The van der Waals surface area contributed by atoms with Crippen molar-refractivity contribution in [2.45, 2.75) is 20.0 Å². The zero-order valence-corrected chi connectivity index (χ0v) is 24.1. The van der Waals surface area contributed by atoms with Crippen molar-refractivity contribution < 1.29 is 24.1 Å². The number of ether oxygens (including phenoxy) is 3. The monoisotopic (exact) mass is 579 g/mol. The van der Waals surface area contributed by atoms with Crippen molar-refractivity contribution in [3.05, 3.63) is 90.1 Å². The summed E-state index contributed by atoms with van der Waals surface area (Å²) in [7, 11) is 4.69. The number of hydrogen-bond donors (Lipinski definition) is 1. The summed E-state index contributed by atoms with van der Waals surface area (Å²) in [5, 5.41) is 20.1. The summed E-state index contributed by atoms with van der Waals surface area (Å²) < 4.78 is 20.0. The van der Waals surface area contributed by atoms with Gasteiger partial charge in [0.25, 0.3) is 0 Å². The van der Waals surface area contributed by atoms with Crippen LogP contribution in [0.5, 0.6) is 17.2 Å². The summed E-state index contributed by atoms with van der Waals surface area (Å²) >= 11 is 0. The van der Waals surface area contributed by atoms with Crippen LogP contribution in [0, 0.1) is 6.92 Å². The lowest BCUT2D eigenvalue weighted by Gasteiger charge is -2.22. The molecule has 12 heteroatoms. The van der Waals surface area contributed by atoms with Gasteiger partial charge in [-0.3, -0.25) is 9.88 Å². The quantitative estimate of drug-likeness (QED) is 0.247. The summed E-state index contributed by atoms with van der Waals surface area (Å²) in [6.45, 7) is 2.19. The van der Waals surface area contributed by atoms with Crippen molar-refractivity contribution >= 4 is 22.6 Å². The van der Waals surface area contributed by atoms with Gasteiger partial charge in [0.15, 0.2) is 5.65 Å². The summed E-state index contributed by atoms with van der Waals surface area (Å²) in [5.41, 5.74) is 6.04. The van der Waals surface area contributed by atoms with Crippen LogP contribution >= 0.6 is 0 Å². The number of carboxylic acid groups (broad SMARTS) is 1. The molecule has 6 aromatic rings. The molecule has 0 atom stereocenters. The van der Waals surface area contributed by atoms with Gasteiger partial charge in [0.05, 0.1) is 56.5 Å². The molecule has 218 valence electrons. The van der Waals surface area contributed by atoms with Gasteiger partial charge in [-0.25, -0.2) is 19.0 Å². The van der Waals surface area contributed by atoms with Crippen molar-refractivity contribution in [3.63, 3.8) is 0 Å². The minimum atomic E-state index is -1.06. The van der Waals surface area contributed by atoms with Crippen LogP contribution in [0.25, 0.3) is 33.5 Å². The van der Waals surface area contributed by atoms with E-state index in [1.54, 1.807) is 62.6 Å². The first-order valence-electron chi connectivity index (χ1n) is 13.4. The molecule has 1 amide bonds. The van der Waals surface area contributed by atoms with Gasteiger partial charge in [0.1, 0.15) is 22.9 Å². The molecule has 0 aliphatic heterocycles. The maximum Gasteiger partial charge on any atom is 0.407 e. The van der Waals surface area contributed by atoms with Crippen LogP contribution in [0.2, 0.25) is 0 Å². The second kappa shape index (κ2) is 11.3. The highest BCUT2D eigenvalue weighted by Crippen LogP contribution is 2.32. The fourth-order valence-electron chi connectivity index (χ4n) is 5.09. The summed E-state index contributed by atoms with van der Waals surface area (Å²) in [4.78, 5) is 22.7. The van der Waals surface area contributed by atoms with Gasteiger partial charge in [-0.2, -0.15) is 10.2 Å². The third-order valence-electron chi connectivity index (χ3n) is 7.28. The minimum Gasteiger partial charge on any atom is -0.497 e. The Kier molecular flexibility index (Phi) is 7.24. The Labute approximate surface area is 246 Å². The number of nitrogens with zero attached hydrogens (tertiary/aromatic N) is 7. The number of fused-ring (bicyclic) bond motifs is 2. The zero-order chi connectivity index (χ0) is 30.1. The number of pyridine rings is 1. The first-order chi connectivity index (χ1) is 20.9. The van der Waals surface area contributed by atoms with E-state index in [0.29, 0.717) is 34.3 Å². The van der Waals surface area contributed by atoms with Crippen LogP contribution in [0.15, 0.2) is 73.3 Å². The van der Waals surface area contributed by atoms with Crippen molar-refractivity contribution in [2.75, 3.05) is 21.3 Å². The number of hydrogen-bond acceptors (Lipinski definition) is 8. The molecule has 12 nitrogen and oxygen atoms in total. The lowest BCUT2D eigenvalue weighted by Crippen LogP contribution is -2.28. The molecule has 1 N–H and O–H groups in total. The van der Waals surface area contributed by atoms with Crippen molar-refractivity contribution in [3.8, 4) is 34.2 Å². The molecule has 0 fully saturated rings. The summed E-state index contributed by atoms with van der Waals surface area (Å²) in [6.07, 6.45) is 6.05. The third-order valence-corrected chi connectivity index (χ3v) is 7.28. The lowest BCUT2D eigenvalue weighted by molar-refractivity contribution is 0.139. The van der Waals surface area contributed by atoms with E-state index in [1.165, 1.54) is 4.90 Å². The summed E-state index contributed by atoms with van der Waals surface area (Å²) in [6, 6.07) is 14.7. The molecular formula is C31H29N7O5. The molecule has 0 unspecified atom stereocenters. The Balaban J connectivity index is 1.34. The predicted octanol–water partition coefficient (Wildman–Crippen LogP) is 5.14. The molecular weight excluding hydrogens is 550 g/mol. The molecule has 0 bridgehead atoms. The van der Waals surface area contributed by atoms with E-state index in [4.69, 9.17) is 19.3 Å². The second-order valence-corrected chi connectivity index (χ2v) is 9.85. The molecule has 2 aromatic carbocycles. The van der Waals surface area contributed by atoms with Crippen LogP contribution in [0.3, 0.4) is 0 Å². The highest BCUT2D eigenvalue weighted by Gasteiger charge is 2.20. The number of benzene rings is 2. The third kappa shape index (κ3) is 5.14. The van der Waals surface area contributed by atoms with Gasteiger partial charge in [-0.1, -0.05) is 6.07 Å². The van der Waals surface area contributed by atoms with Gasteiger partial charge in [0.2, 0.25) is 0 Å². The topological polar surface area (TPSA) is 129 Å². The standard InChI is InChI=1S/C31H29N7O5/c1-19-23-15-33-25(24-16-34-37-11-5-10-32-30(24)37)14-27(23)38(35-19)26-9-6-20(12-29(26)43-4)17-36(31(39)40)18-21-7-8-22(41-2)13-28(21)42-3/h5-16H,17-18H2,1-4H3,(H,39,40). The highest BCUT2D eigenvalue weighted by molar-refractivity contribution is 5.88. The maximum atomic E-state index is 12.2. The number of aromatic nitrogens is 6. The van der Waals surface area contributed by atoms with E-state index < -0.39 is 6.09 Å². The number of methoxy groups -OCH3 is 3. The fraction of sp³-hybridized carbons (Fsp3) is 0.194. The molecule has 0 aliphatic rings. The Hall–Kier alpha value is -5.65. The fourth-order valence-corrected chi connectivity index (χ4v) is 5.09. The smallest absolute Gasteiger partial charge is 0.407 e. The Morgan fingerprint density at radius 1 is 0.953 bits per heavy atom. The summed E-state index contributed by atoms with van der Waals surface area (Å²) in [5.74, 6) is 1.72. The van der Waals surface area contributed by atoms with Crippen LogP contribution < -0.4 is 14.2 Å². The SMILES string of the molecule is COc1ccc(CN(Cc2ccc(-n3nc(C)c4cnc(-c5cnn6cccnc56)cc43)c(OC)c2)C(=O)O)c(OC)c1. The van der Waals surface area contributed by atoms with Crippen LogP contribution in [-0.4, -0.2) is 66.8 Å². The number of rotatable bonds is 9. The normalized spacial score (nSPS) is 11.2. The Morgan fingerprint density at radius 3 is 2.56 bits per heavy atom. The molecule has 4 aromatic heterocycles. The van der Waals surface area contributed by atoms with Gasteiger partial charge in [-0.05, 0) is 48.9 Å². The van der Waals surface area contributed by atoms with E-state index in [1.807, 2.05) is 48.1 Å². The maximum absolute atomic E-state index is 12.2. The molecule has 0 aliphatic carbocycles. The van der Waals surface area contributed by atoms with Gasteiger partial charge >= 0.3 is 6.09 Å². The molecule has 0 saturated heterocycles. The predicted molar refractivity (Wildman–Crippen MR) is 159 cm³/mol. The Bertz CT molecular complexity index is 1970. The molecule has 43 heavy (non-hydrogen) atoms. The van der Waals surface area contributed by atoms with E-state index in [9.17, 15) is 9.90 Å². The van der Waals surface area contributed by atoms with E-state index >= 15 is 0 Å². The molecule has 0 saturated carbocycles. The van der Waals surface area contributed by atoms with Crippen LogP contribution in [0.1, 0.15) is 16.8 Å². The second-order valence-electron chi connectivity index (χ2n) is 9.85. The molecule has 0 radical (unpaired) electrons. The van der Waals surface area contributed by atoms with Gasteiger partial charge in [-0.15, -0.1) is 0 Å². The molecule has 6 rings (SSSR count). The number of carbonyl (C=O) groups is 1. The van der Waals surface area contributed by atoms with Crippen LogP contribution in [0.4, 0.5) is 4.79 Å². The zero-order valence-electron chi connectivity index (χ0n) is 24.1. The first-order valence-corrected chi connectivity index (χ1v) is 13.4. The average molecular weight is 580 g/mol. The molecule has 0 spiro atoms. The van der Waals surface area contributed by atoms with E-state index in [0.717, 1.165) is 33.3 Å². The van der Waals surface area contributed by atoms with Crippen molar-refractivity contribution in [2.24, 2.45) is 0 Å². The molecule has 4 heterocycles. The average Bonchev–Trinajstić information content (AvgIpc) is 3.61. The van der Waals surface area contributed by atoms with Gasteiger partial charge < -0.3 is 19.3 Å². The van der Waals surface area contributed by atoms with Crippen molar-refractivity contribution in [1.82, 2.24) is 34.3 Å².